The minimum atomic E-state index is -3.75. The quantitative estimate of drug-likeness (QED) is 0.310. The van der Waals surface area contributed by atoms with Gasteiger partial charge in [0.05, 0.1) is 0 Å². The Hall–Kier alpha value is -3.13. The monoisotopic (exact) mass is 461 g/mol. The molecule has 0 radical (unpaired) electrons. The summed E-state index contributed by atoms with van der Waals surface area (Å²) >= 11 is 1.57. The molecule has 5 nitrogen and oxygen atoms in total. The number of thiazole rings is 1. The fourth-order valence-electron chi connectivity index (χ4n) is 3.48. The van der Waals surface area contributed by atoms with Crippen molar-refractivity contribution < 1.29 is 8.42 Å². The molecule has 0 N–H and O–H groups in total. The predicted octanol–water partition coefficient (Wildman–Crippen LogP) is 5.46. The van der Waals surface area contributed by atoms with Crippen LogP contribution in [-0.2, 0) is 23.1 Å². The Morgan fingerprint density at radius 2 is 1.66 bits per heavy atom. The van der Waals surface area contributed by atoms with Crippen molar-refractivity contribution in [2.24, 2.45) is 0 Å². The van der Waals surface area contributed by atoms with Crippen molar-refractivity contribution in [1.82, 2.24) is 14.3 Å². The van der Waals surface area contributed by atoms with Gasteiger partial charge in [0.1, 0.15) is 10.3 Å². The molecule has 4 rings (SSSR count). The van der Waals surface area contributed by atoms with Gasteiger partial charge in [0.15, 0.2) is 0 Å². The van der Waals surface area contributed by atoms with Crippen LogP contribution < -0.4 is 0 Å². The first-order chi connectivity index (χ1) is 15.6. The van der Waals surface area contributed by atoms with Crippen LogP contribution in [0.2, 0.25) is 0 Å². The highest BCUT2D eigenvalue weighted by Gasteiger charge is 2.31. The van der Waals surface area contributed by atoms with E-state index in [1.807, 2.05) is 60.0 Å². The summed E-state index contributed by atoms with van der Waals surface area (Å²) in [5.41, 5.74) is 3.43. The number of nitrogens with zero attached hydrogens (tertiary/aromatic N) is 3. The maximum atomic E-state index is 13.7. The molecule has 4 aromatic rings. The molecular formula is C25H23N3O2S2. The van der Waals surface area contributed by atoms with E-state index in [0.717, 1.165) is 21.7 Å². The van der Waals surface area contributed by atoms with Gasteiger partial charge < -0.3 is 0 Å². The van der Waals surface area contributed by atoms with E-state index in [0.29, 0.717) is 5.56 Å². The zero-order chi connectivity index (χ0) is 22.4. The molecule has 1 atom stereocenters. The molecule has 2 heterocycles. The number of benzene rings is 2. The number of rotatable bonds is 9. The summed E-state index contributed by atoms with van der Waals surface area (Å²) in [6.45, 7) is 4.32. The van der Waals surface area contributed by atoms with Gasteiger partial charge in [0.25, 0.3) is 0 Å². The molecule has 162 valence electrons. The first-order valence-corrected chi connectivity index (χ1v) is 12.5. The summed E-state index contributed by atoms with van der Waals surface area (Å²) in [5.74, 6) is 0. The van der Waals surface area contributed by atoms with Gasteiger partial charge in [-0.1, -0.05) is 66.7 Å². The van der Waals surface area contributed by atoms with Gasteiger partial charge in [-0.25, -0.2) is 13.4 Å². The van der Waals surface area contributed by atoms with Crippen molar-refractivity contribution in [3.8, 4) is 10.6 Å². The lowest BCUT2D eigenvalue weighted by Crippen LogP contribution is -2.33. The number of hydrogen-bond acceptors (Lipinski definition) is 5. The Bertz CT molecular complexity index is 1240. The summed E-state index contributed by atoms with van der Waals surface area (Å²) in [6.07, 6.45) is 6.45. The van der Waals surface area contributed by atoms with Gasteiger partial charge in [-0.2, -0.15) is 4.31 Å². The molecule has 0 fully saturated rings. The van der Waals surface area contributed by atoms with Crippen LogP contribution in [0.15, 0.2) is 103 Å². The summed E-state index contributed by atoms with van der Waals surface area (Å²) in [5, 5.41) is 1.99. The maximum Gasteiger partial charge on any atom is 0.225 e. The highest BCUT2D eigenvalue weighted by atomic mass is 32.2. The molecule has 32 heavy (non-hydrogen) atoms. The van der Waals surface area contributed by atoms with Crippen molar-refractivity contribution in [2.75, 3.05) is 0 Å². The van der Waals surface area contributed by atoms with E-state index in [4.69, 9.17) is 0 Å². The van der Waals surface area contributed by atoms with E-state index in [9.17, 15) is 8.42 Å². The summed E-state index contributed by atoms with van der Waals surface area (Å²) < 4.78 is 29.0. The SMILES string of the molecule is C=CC(c1cccnc1)S(=O)(=O)N(Cc1ccccc1)Cc1ccc(-c2nccs2)cc1. The molecule has 0 aliphatic carbocycles. The lowest BCUT2D eigenvalue weighted by molar-refractivity contribution is 0.397. The van der Waals surface area contributed by atoms with Crippen LogP contribution in [0.1, 0.15) is 21.9 Å². The Balaban J connectivity index is 1.66. The maximum absolute atomic E-state index is 13.7. The van der Waals surface area contributed by atoms with E-state index in [-0.39, 0.29) is 13.1 Å². The normalized spacial score (nSPS) is 12.5. The Morgan fingerprint density at radius 1 is 0.938 bits per heavy atom. The summed E-state index contributed by atoms with van der Waals surface area (Å²) in [7, 11) is -3.75. The van der Waals surface area contributed by atoms with Gasteiger partial charge >= 0.3 is 0 Å². The van der Waals surface area contributed by atoms with Crippen LogP contribution in [0.4, 0.5) is 0 Å². The number of pyridine rings is 1. The third kappa shape index (κ3) is 5.02. The number of aromatic nitrogens is 2. The van der Waals surface area contributed by atoms with E-state index in [1.165, 1.54) is 10.4 Å². The number of sulfonamides is 1. The van der Waals surface area contributed by atoms with Gasteiger partial charge in [0.2, 0.25) is 10.0 Å². The second-order valence-electron chi connectivity index (χ2n) is 7.28. The molecule has 0 aliphatic rings. The molecule has 2 aromatic carbocycles. The standard InChI is InChI=1S/C25H23N3O2S2/c1-2-24(23-9-6-14-26-17-23)32(29,30)28(18-20-7-4-3-5-8-20)19-21-10-12-22(13-11-21)25-27-15-16-31-25/h2-17,24H,1,18-19H2. The molecule has 7 heteroatoms. The second kappa shape index (κ2) is 9.99. The van der Waals surface area contributed by atoms with Crippen molar-refractivity contribution in [3.05, 3.63) is 120 Å². The van der Waals surface area contributed by atoms with Crippen molar-refractivity contribution in [1.29, 1.82) is 0 Å². The minimum absolute atomic E-state index is 0.250. The van der Waals surface area contributed by atoms with Gasteiger partial charge in [-0.15, -0.1) is 17.9 Å². The zero-order valence-corrected chi connectivity index (χ0v) is 19.0. The van der Waals surface area contributed by atoms with E-state index >= 15 is 0 Å². The van der Waals surface area contributed by atoms with Crippen LogP contribution in [-0.4, -0.2) is 22.7 Å². The molecule has 2 aromatic heterocycles. The van der Waals surface area contributed by atoms with Crippen LogP contribution in [0.5, 0.6) is 0 Å². The average Bonchev–Trinajstić information content (AvgIpc) is 3.36. The summed E-state index contributed by atoms with van der Waals surface area (Å²) in [6, 6.07) is 21.0. The van der Waals surface area contributed by atoms with E-state index in [2.05, 4.69) is 16.5 Å². The molecule has 0 spiro atoms. The van der Waals surface area contributed by atoms with Crippen molar-refractivity contribution in [3.63, 3.8) is 0 Å². The zero-order valence-electron chi connectivity index (χ0n) is 17.4. The molecule has 0 saturated heterocycles. The Kier molecular flexibility index (Phi) is 6.90. The number of hydrogen-bond donors (Lipinski definition) is 0. The second-order valence-corrected chi connectivity index (χ2v) is 10.2. The van der Waals surface area contributed by atoms with Gasteiger partial charge in [-0.05, 0) is 22.8 Å². The third-order valence-corrected chi connectivity index (χ3v) is 8.01. The first-order valence-electron chi connectivity index (χ1n) is 10.1. The molecule has 0 bridgehead atoms. The summed E-state index contributed by atoms with van der Waals surface area (Å²) in [4.78, 5) is 8.43. The highest BCUT2D eigenvalue weighted by Crippen LogP contribution is 2.29. The Morgan fingerprint density at radius 3 is 2.25 bits per heavy atom. The van der Waals surface area contributed by atoms with E-state index in [1.54, 1.807) is 42.1 Å². The van der Waals surface area contributed by atoms with Crippen LogP contribution >= 0.6 is 11.3 Å². The van der Waals surface area contributed by atoms with Crippen LogP contribution in [0, 0.1) is 0 Å². The third-order valence-electron chi connectivity index (χ3n) is 5.10. The fourth-order valence-corrected chi connectivity index (χ4v) is 5.83. The molecule has 0 amide bonds. The largest absolute Gasteiger partial charge is 0.264 e. The molecule has 0 aliphatic heterocycles. The molecule has 0 saturated carbocycles. The van der Waals surface area contributed by atoms with E-state index < -0.39 is 15.3 Å². The first kappa shape index (κ1) is 22.1. The lowest BCUT2D eigenvalue weighted by Gasteiger charge is -2.26. The topological polar surface area (TPSA) is 63.2 Å². The highest BCUT2D eigenvalue weighted by molar-refractivity contribution is 7.89. The smallest absolute Gasteiger partial charge is 0.225 e. The van der Waals surface area contributed by atoms with Crippen molar-refractivity contribution in [2.45, 2.75) is 18.3 Å². The van der Waals surface area contributed by atoms with Crippen LogP contribution in [0.3, 0.4) is 0 Å². The molecular weight excluding hydrogens is 438 g/mol. The van der Waals surface area contributed by atoms with Gasteiger partial charge in [0, 0.05) is 42.6 Å². The van der Waals surface area contributed by atoms with Gasteiger partial charge in [-0.3, -0.25) is 4.98 Å². The Labute approximate surface area is 192 Å². The minimum Gasteiger partial charge on any atom is -0.264 e. The molecule has 1 unspecified atom stereocenters. The predicted molar refractivity (Wildman–Crippen MR) is 129 cm³/mol. The van der Waals surface area contributed by atoms with Crippen LogP contribution in [0.25, 0.3) is 10.6 Å². The van der Waals surface area contributed by atoms with Crippen molar-refractivity contribution >= 4 is 21.4 Å². The lowest BCUT2D eigenvalue weighted by atomic mass is 10.1. The fraction of sp³-hybridized carbons (Fsp3) is 0.120. The average molecular weight is 462 g/mol.